The first-order chi connectivity index (χ1) is 13.5. The number of aromatic nitrogens is 3. The highest BCUT2D eigenvalue weighted by atomic mass is 35.5. The van der Waals surface area contributed by atoms with E-state index < -0.39 is 0 Å². The third-order valence-corrected chi connectivity index (χ3v) is 5.90. The summed E-state index contributed by atoms with van der Waals surface area (Å²) in [5, 5.41) is 12.6. The lowest BCUT2D eigenvalue weighted by Gasteiger charge is -2.41. The Morgan fingerprint density at radius 3 is 2.36 bits per heavy atom. The predicted molar refractivity (Wildman–Crippen MR) is 111 cm³/mol. The molecule has 1 aliphatic carbocycles. The number of nitrogens with zero attached hydrogens (tertiary/aromatic N) is 3. The molecule has 144 valence electrons. The maximum Gasteiger partial charge on any atom is 0.251 e. The van der Waals surface area contributed by atoms with Gasteiger partial charge in [0.25, 0.3) is 5.91 Å². The molecule has 0 spiro atoms. The molecule has 0 saturated heterocycles. The zero-order valence-corrected chi connectivity index (χ0v) is 16.8. The number of rotatable bonds is 5. The number of carbonyl (C=O) groups is 1. The van der Waals surface area contributed by atoms with Crippen molar-refractivity contribution in [3.63, 3.8) is 0 Å². The Balaban J connectivity index is 1.67. The van der Waals surface area contributed by atoms with Crippen molar-refractivity contribution >= 4 is 17.5 Å². The molecule has 1 fully saturated rings. The molecule has 3 aromatic rings. The van der Waals surface area contributed by atoms with Crippen LogP contribution in [0.4, 0.5) is 0 Å². The number of halogens is 1. The second-order valence-electron chi connectivity index (χ2n) is 7.29. The van der Waals surface area contributed by atoms with Gasteiger partial charge in [0, 0.05) is 29.7 Å². The van der Waals surface area contributed by atoms with Crippen molar-refractivity contribution in [1.29, 1.82) is 0 Å². The highest BCUT2D eigenvalue weighted by molar-refractivity contribution is 6.30. The Kier molecular flexibility index (Phi) is 4.94. The van der Waals surface area contributed by atoms with E-state index in [1.807, 2.05) is 50.4 Å². The Hall–Kier alpha value is -2.66. The smallest absolute Gasteiger partial charge is 0.251 e. The van der Waals surface area contributed by atoms with Gasteiger partial charge in [-0.3, -0.25) is 4.79 Å². The summed E-state index contributed by atoms with van der Waals surface area (Å²) in [4.78, 5) is 12.0. The van der Waals surface area contributed by atoms with Gasteiger partial charge in [-0.25, -0.2) is 0 Å². The first-order valence-corrected chi connectivity index (χ1v) is 9.97. The Labute approximate surface area is 169 Å². The molecule has 2 aromatic carbocycles. The molecular formula is C22H23ClN4O. The van der Waals surface area contributed by atoms with Gasteiger partial charge in [-0.05, 0) is 49.6 Å². The van der Waals surface area contributed by atoms with Gasteiger partial charge >= 0.3 is 0 Å². The average molecular weight is 395 g/mol. The minimum atomic E-state index is -0.106. The third kappa shape index (κ3) is 3.10. The van der Waals surface area contributed by atoms with E-state index in [1.54, 1.807) is 0 Å². The maximum atomic E-state index is 12.0. The van der Waals surface area contributed by atoms with Crippen molar-refractivity contribution in [3.05, 3.63) is 70.5 Å². The van der Waals surface area contributed by atoms with Crippen LogP contribution in [0.2, 0.25) is 5.02 Å². The van der Waals surface area contributed by atoms with Crippen molar-refractivity contribution in [2.24, 2.45) is 7.05 Å². The van der Waals surface area contributed by atoms with Crippen molar-refractivity contribution < 1.29 is 4.79 Å². The van der Waals surface area contributed by atoms with Crippen LogP contribution >= 0.6 is 11.6 Å². The van der Waals surface area contributed by atoms with Crippen molar-refractivity contribution in [1.82, 2.24) is 20.1 Å². The van der Waals surface area contributed by atoms with Crippen molar-refractivity contribution in [2.75, 3.05) is 6.54 Å². The quantitative estimate of drug-likeness (QED) is 0.699. The summed E-state index contributed by atoms with van der Waals surface area (Å²) in [6, 6.07) is 15.6. The number of hydrogen-bond donors (Lipinski definition) is 1. The van der Waals surface area contributed by atoms with Crippen molar-refractivity contribution in [3.8, 4) is 11.4 Å². The molecule has 28 heavy (non-hydrogen) atoms. The maximum absolute atomic E-state index is 12.0. The molecule has 5 nitrogen and oxygen atoms in total. The zero-order valence-electron chi connectivity index (χ0n) is 16.1. The van der Waals surface area contributed by atoms with Crippen LogP contribution in [-0.4, -0.2) is 27.2 Å². The average Bonchev–Trinajstić information content (AvgIpc) is 3.04. The molecule has 1 aliphatic rings. The van der Waals surface area contributed by atoms with Crippen LogP contribution in [0, 0.1) is 0 Å². The number of nitrogens with one attached hydrogen (secondary N) is 1. The molecule has 0 radical (unpaired) electrons. The van der Waals surface area contributed by atoms with E-state index in [4.69, 9.17) is 11.6 Å². The van der Waals surface area contributed by atoms with Gasteiger partial charge in [0.2, 0.25) is 0 Å². The molecule has 1 amide bonds. The van der Waals surface area contributed by atoms with Gasteiger partial charge in [0.1, 0.15) is 5.82 Å². The van der Waals surface area contributed by atoms with E-state index >= 15 is 0 Å². The van der Waals surface area contributed by atoms with Crippen LogP contribution < -0.4 is 5.32 Å². The summed E-state index contributed by atoms with van der Waals surface area (Å²) in [7, 11) is 2.01. The minimum Gasteiger partial charge on any atom is -0.352 e. The van der Waals surface area contributed by atoms with Crippen LogP contribution in [0.1, 0.15) is 47.9 Å². The lowest BCUT2D eigenvalue weighted by atomic mass is 9.64. The molecule has 0 aliphatic heterocycles. The highest BCUT2D eigenvalue weighted by Gasteiger charge is 2.44. The summed E-state index contributed by atoms with van der Waals surface area (Å²) in [6.45, 7) is 2.52. The Morgan fingerprint density at radius 1 is 1.11 bits per heavy atom. The fourth-order valence-electron chi connectivity index (χ4n) is 3.97. The molecule has 1 heterocycles. The summed E-state index contributed by atoms with van der Waals surface area (Å²) >= 11 is 6.08. The molecule has 4 rings (SSSR count). The van der Waals surface area contributed by atoms with E-state index in [1.165, 1.54) is 12.0 Å². The first kappa shape index (κ1) is 18.7. The van der Waals surface area contributed by atoms with Gasteiger partial charge < -0.3 is 9.88 Å². The van der Waals surface area contributed by atoms with Gasteiger partial charge in [0.05, 0.1) is 5.41 Å². The van der Waals surface area contributed by atoms with Crippen LogP contribution in [-0.2, 0) is 12.5 Å². The molecule has 1 N–H and O–H groups in total. The predicted octanol–water partition coefficient (Wildman–Crippen LogP) is 4.36. The Bertz CT molecular complexity index is 988. The molecule has 1 aromatic heterocycles. The van der Waals surface area contributed by atoms with Crippen LogP contribution in [0.5, 0.6) is 0 Å². The lowest BCUT2D eigenvalue weighted by molar-refractivity contribution is 0.0956. The second-order valence-corrected chi connectivity index (χ2v) is 7.72. The third-order valence-electron chi connectivity index (χ3n) is 5.65. The van der Waals surface area contributed by atoms with E-state index in [-0.39, 0.29) is 11.3 Å². The lowest BCUT2D eigenvalue weighted by Crippen LogP contribution is -2.38. The standard InChI is InChI=1S/C22H23ClN4O/c1-3-24-20(28)16-7-5-15(6-8-16)19-25-26-21(27(19)2)22(13-4-14-22)17-9-11-18(23)12-10-17/h5-12H,3-4,13-14H2,1-2H3,(H,24,28). The number of carbonyl (C=O) groups excluding carboxylic acids is 1. The monoisotopic (exact) mass is 394 g/mol. The number of amides is 1. The van der Waals surface area contributed by atoms with E-state index in [9.17, 15) is 4.79 Å². The molecule has 0 atom stereocenters. The SMILES string of the molecule is CCNC(=O)c1ccc(-c2nnc(C3(c4ccc(Cl)cc4)CCC3)n2C)cc1. The van der Waals surface area contributed by atoms with Crippen LogP contribution in [0.3, 0.4) is 0 Å². The summed E-state index contributed by atoms with van der Waals surface area (Å²) in [5.74, 6) is 1.71. The summed E-state index contributed by atoms with van der Waals surface area (Å²) < 4.78 is 2.08. The largest absolute Gasteiger partial charge is 0.352 e. The van der Waals surface area contributed by atoms with Gasteiger partial charge in [-0.1, -0.05) is 42.3 Å². The van der Waals surface area contributed by atoms with E-state index in [2.05, 4.69) is 32.2 Å². The first-order valence-electron chi connectivity index (χ1n) is 9.60. The van der Waals surface area contributed by atoms with E-state index in [0.29, 0.717) is 12.1 Å². The van der Waals surface area contributed by atoms with Crippen LogP contribution in [0.15, 0.2) is 48.5 Å². The van der Waals surface area contributed by atoms with Gasteiger partial charge in [-0.15, -0.1) is 10.2 Å². The zero-order chi connectivity index (χ0) is 19.7. The number of hydrogen-bond acceptors (Lipinski definition) is 3. The summed E-state index contributed by atoms with van der Waals surface area (Å²) in [6.07, 6.45) is 3.28. The van der Waals surface area contributed by atoms with E-state index in [0.717, 1.165) is 35.1 Å². The Morgan fingerprint density at radius 2 is 1.79 bits per heavy atom. The fraction of sp³-hybridized carbons (Fsp3) is 0.318. The fourth-order valence-corrected chi connectivity index (χ4v) is 4.10. The molecule has 1 saturated carbocycles. The molecule has 6 heteroatoms. The van der Waals surface area contributed by atoms with Crippen molar-refractivity contribution in [2.45, 2.75) is 31.6 Å². The number of benzene rings is 2. The van der Waals surface area contributed by atoms with Gasteiger partial charge in [-0.2, -0.15) is 0 Å². The normalized spacial score (nSPS) is 15.1. The minimum absolute atomic E-state index is 0.0659. The van der Waals surface area contributed by atoms with Crippen LogP contribution in [0.25, 0.3) is 11.4 Å². The highest BCUT2D eigenvalue weighted by Crippen LogP contribution is 2.48. The molecular weight excluding hydrogens is 372 g/mol. The summed E-state index contributed by atoms with van der Waals surface area (Å²) in [5.41, 5.74) is 2.72. The topological polar surface area (TPSA) is 59.8 Å². The molecule has 0 bridgehead atoms. The van der Waals surface area contributed by atoms with Gasteiger partial charge in [0.15, 0.2) is 5.82 Å². The second kappa shape index (κ2) is 7.40. The molecule has 0 unspecified atom stereocenters.